The first-order valence-electron chi connectivity index (χ1n) is 40.7. The van der Waals surface area contributed by atoms with Crippen molar-refractivity contribution >= 4 is 74.7 Å². The molecule has 6 heterocycles. The molecule has 2 aromatic carbocycles. The Bertz CT molecular complexity index is 3600. The molecule has 6 saturated carbocycles. The lowest BCUT2D eigenvalue weighted by atomic mass is 9.47. The molecule has 112 heavy (non-hydrogen) atoms. The number of aliphatic carboxylic acids is 1. The van der Waals surface area contributed by atoms with E-state index in [2.05, 4.69) is 70.0 Å². The average Bonchev–Trinajstić information content (AvgIpc) is 1.41. The van der Waals surface area contributed by atoms with E-state index in [1.165, 1.54) is 54.4 Å². The van der Waals surface area contributed by atoms with Crippen molar-refractivity contribution in [3.8, 4) is 0 Å². The third kappa shape index (κ3) is 22.2. The summed E-state index contributed by atoms with van der Waals surface area (Å²) in [7, 11) is -0.779. The Kier molecular flexibility index (Phi) is 30.7. The highest BCUT2D eigenvalue weighted by Gasteiger charge is 2.64. The quantitative estimate of drug-likeness (QED) is 0.0219. The van der Waals surface area contributed by atoms with Crippen molar-refractivity contribution in [1.29, 1.82) is 0 Å². The van der Waals surface area contributed by atoms with Gasteiger partial charge in [-0.25, -0.2) is 24.0 Å². The number of allylic oxidation sites excluding steroid dienone is 2. The minimum absolute atomic E-state index is 0. The number of ether oxygens (including phenoxy) is 4. The van der Waals surface area contributed by atoms with Gasteiger partial charge in [0, 0.05) is 45.0 Å². The van der Waals surface area contributed by atoms with Gasteiger partial charge in [0.15, 0.2) is 0 Å². The van der Waals surface area contributed by atoms with Crippen molar-refractivity contribution in [2.75, 3.05) is 13.1 Å². The fourth-order valence-electron chi connectivity index (χ4n) is 18.0. The highest BCUT2D eigenvalue weighted by molar-refractivity contribution is 6.48. The Labute approximate surface area is 670 Å². The van der Waals surface area contributed by atoms with E-state index in [0.29, 0.717) is 68.0 Å². The number of likely N-dealkylation sites (tertiary alicyclic amines) is 2. The summed E-state index contributed by atoms with van der Waals surface area (Å²) >= 11 is 0. The molecular weight excluding hydrogens is 1450 g/mol. The van der Waals surface area contributed by atoms with Gasteiger partial charge < -0.3 is 74.2 Å². The Morgan fingerprint density at radius 2 is 0.938 bits per heavy atom. The van der Waals surface area contributed by atoms with Crippen LogP contribution in [0.1, 0.15) is 220 Å². The Morgan fingerprint density at radius 1 is 0.545 bits per heavy atom. The number of rotatable bonds is 29. The molecule has 6 aliphatic carbocycles. The zero-order valence-corrected chi connectivity index (χ0v) is 68.6. The number of unbranched alkanes of at least 4 members (excludes halogenated alkanes) is 8. The maximum absolute atomic E-state index is 14.5. The Morgan fingerprint density at radius 3 is 1.34 bits per heavy atom. The molecule has 16 atom stereocenters. The average molecular weight is 1580 g/mol. The zero-order valence-electron chi connectivity index (χ0n) is 67.8. The second-order valence-electron chi connectivity index (χ2n) is 35.3. The van der Waals surface area contributed by atoms with E-state index in [9.17, 15) is 43.5 Å². The number of carbonyl (C=O) groups is 8. The summed E-state index contributed by atoms with van der Waals surface area (Å²) in [6.07, 6.45) is 20.8. The van der Waals surface area contributed by atoms with Gasteiger partial charge >= 0.3 is 44.6 Å². The van der Waals surface area contributed by atoms with Crippen molar-refractivity contribution in [2.45, 2.75) is 308 Å². The van der Waals surface area contributed by atoms with Crippen LogP contribution in [0.2, 0.25) is 0 Å². The van der Waals surface area contributed by atoms with Crippen LogP contribution in [0.5, 0.6) is 0 Å². The molecule has 0 spiro atoms. The molecule has 10 fully saturated rings. The van der Waals surface area contributed by atoms with E-state index < -0.39 is 103 Å². The molecule has 28 heteroatoms. The first-order chi connectivity index (χ1) is 52.7. The van der Waals surface area contributed by atoms with Crippen LogP contribution < -0.4 is 21.7 Å². The SMILES string of the molecule is C=CCCCCCC[C@@H](N)B1OC2CC3CC(C2O1)C3(C)C.C=CCCCCCC[C@@H](NC(=O)[C@@H]1C[C@@H](OC(=O)N2Cc3ccccc3C2)CN1C(=O)[C@H](CC=C)NC(=O)OC(C)(C)C)B1OC2CC3CC(C2O1)C3(C)C.C=CC[C@H](NC(=O)OC(C)(C)C)C(=O)N1C[C@H](OC(=O)N2Cc3ccccc3C2)C[C@H]1C(=O)O.Cl. The molecule has 6 aliphatic heterocycles. The second kappa shape index (κ2) is 38.8. The number of nitrogens with two attached hydrogens (primary N) is 1. The molecule has 12 aliphatic rings. The van der Waals surface area contributed by atoms with E-state index >= 15 is 0 Å². The van der Waals surface area contributed by atoms with Gasteiger partial charge in [0.1, 0.15) is 47.6 Å². The molecule has 0 radical (unpaired) electrons. The number of amides is 7. The van der Waals surface area contributed by atoms with Crippen molar-refractivity contribution < 1.29 is 81.0 Å². The number of hydrogen-bond acceptors (Lipinski definition) is 17. The monoisotopic (exact) mass is 1570 g/mol. The Hall–Kier alpha value is -7.42. The normalized spacial score (nSPS) is 26.7. The molecule has 25 nitrogen and oxygen atoms in total. The van der Waals surface area contributed by atoms with Crippen molar-refractivity contribution in [3.63, 3.8) is 0 Å². The van der Waals surface area contributed by atoms with E-state index in [4.69, 9.17) is 43.3 Å². The maximum atomic E-state index is 14.5. The van der Waals surface area contributed by atoms with Crippen LogP contribution in [-0.2, 0) is 82.9 Å². The predicted octanol–water partition coefficient (Wildman–Crippen LogP) is 13.3. The molecule has 7 amide bonds. The summed E-state index contributed by atoms with van der Waals surface area (Å²) in [5, 5.41) is 18.1. The van der Waals surface area contributed by atoms with Gasteiger partial charge in [-0.15, -0.1) is 38.7 Å². The molecular formula is C84H125B2ClN8O17. The molecule has 8 unspecified atom stereocenters. The van der Waals surface area contributed by atoms with Gasteiger partial charge in [-0.1, -0.05) is 139 Å². The maximum Gasteiger partial charge on any atom is 0.481 e. The fourth-order valence-corrected chi connectivity index (χ4v) is 18.0. The molecule has 14 rings (SSSR count). The van der Waals surface area contributed by atoms with Gasteiger partial charge in [0.2, 0.25) is 17.7 Å². The van der Waals surface area contributed by atoms with Crippen LogP contribution in [0.4, 0.5) is 19.2 Å². The topological polar surface area (TPSA) is 306 Å². The molecule has 616 valence electrons. The summed E-state index contributed by atoms with van der Waals surface area (Å²) < 4.78 is 47.9. The highest BCUT2D eigenvalue weighted by Crippen LogP contribution is 2.63. The lowest BCUT2D eigenvalue weighted by Gasteiger charge is -2.60. The molecule has 4 bridgehead atoms. The number of benzene rings is 2. The van der Waals surface area contributed by atoms with Crippen LogP contribution >= 0.6 is 12.4 Å². The van der Waals surface area contributed by atoms with E-state index in [1.807, 2.05) is 60.7 Å². The lowest BCUT2D eigenvalue weighted by molar-refractivity contribution is -0.150. The summed E-state index contributed by atoms with van der Waals surface area (Å²) in [5.41, 5.74) is 9.61. The van der Waals surface area contributed by atoms with Gasteiger partial charge in [-0.05, 0) is 175 Å². The highest BCUT2D eigenvalue weighted by atomic mass is 35.5. The summed E-state index contributed by atoms with van der Waals surface area (Å²) in [6, 6.07) is 11.3. The number of nitrogens with one attached hydrogen (secondary N) is 3. The van der Waals surface area contributed by atoms with Gasteiger partial charge in [0.05, 0.1) is 43.4 Å². The third-order valence-corrected chi connectivity index (χ3v) is 24.4. The first-order valence-corrected chi connectivity index (χ1v) is 40.7. The lowest BCUT2D eigenvalue weighted by Crippen LogP contribution is -2.59. The predicted molar refractivity (Wildman–Crippen MR) is 430 cm³/mol. The van der Waals surface area contributed by atoms with Crippen molar-refractivity contribution in [2.24, 2.45) is 40.2 Å². The summed E-state index contributed by atoms with van der Waals surface area (Å²) in [5.74, 6) is -0.581. The smallest absolute Gasteiger partial charge is 0.480 e. The number of fused-ring (bicyclic) bond motifs is 2. The van der Waals surface area contributed by atoms with Crippen LogP contribution in [0.15, 0.2) is 99.2 Å². The first kappa shape index (κ1) is 88.5. The number of alkyl carbamates (subject to hydrolysis) is 2. The fraction of sp³-hybridized carbons (Fsp3) is 0.667. The zero-order chi connectivity index (χ0) is 80.3. The van der Waals surface area contributed by atoms with Crippen molar-refractivity contribution in [1.82, 2.24) is 35.6 Å². The number of carboxylic acids is 1. The van der Waals surface area contributed by atoms with Gasteiger partial charge in [-0.2, -0.15) is 0 Å². The molecule has 2 aromatic rings. The molecule has 0 aromatic heterocycles. The number of nitrogens with zero attached hydrogens (tertiary/aromatic N) is 4. The third-order valence-electron chi connectivity index (χ3n) is 24.4. The van der Waals surface area contributed by atoms with Crippen LogP contribution in [0.3, 0.4) is 0 Å². The minimum Gasteiger partial charge on any atom is -0.480 e. The summed E-state index contributed by atoms with van der Waals surface area (Å²) in [4.78, 5) is 111. The number of hydrogen-bond donors (Lipinski definition) is 5. The largest absolute Gasteiger partial charge is 0.481 e. The van der Waals surface area contributed by atoms with Gasteiger partial charge in [-0.3, -0.25) is 24.2 Å². The van der Waals surface area contributed by atoms with Crippen LogP contribution in [-0.4, -0.2) is 184 Å². The Balaban J connectivity index is 0.000000214. The molecule has 6 N–H and O–H groups in total. The van der Waals surface area contributed by atoms with E-state index in [1.54, 1.807) is 52.5 Å². The van der Waals surface area contributed by atoms with E-state index in [-0.39, 0.29) is 87.8 Å². The van der Waals surface area contributed by atoms with Crippen molar-refractivity contribution in [3.05, 3.63) is 121 Å². The van der Waals surface area contributed by atoms with Crippen LogP contribution in [0, 0.1) is 34.5 Å². The van der Waals surface area contributed by atoms with Gasteiger partial charge in [0.25, 0.3) is 0 Å². The van der Waals surface area contributed by atoms with E-state index in [0.717, 1.165) is 90.9 Å². The second-order valence-corrected chi connectivity index (χ2v) is 35.3. The number of carboxylic acid groups (broad SMARTS) is 1. The van der Waals surface area contributed by atoms with Crippen LogP contribution in [0.25, 0.3) is 0 Å². The summed E-state index contributed by atoms with van der Waals surface area (Å²) in [6.45, 7) is 36.3. The minimum atomic E-state index is -1.21. The number of carbonyl (C=O) groups excluding carboxylic acids is 7. The molecule has 4 saturated heterocycles. The standard InChI is InChI=1S/C42H61BN4O8.C24H31N3O7.C18H32BNO2.ClH/c1-8-10-11-12-13-14-20-35(43-54-34-22-29-21-31(36(34)55-43)42(29,6)7)45-37(48)33-23-30(52-40(51)46-24-27-18-15-16-19-28(27)25-46)26-47(33)38(49)32(17-9-2)44-39(50)53-41(3,4)5;1-5-8-18(25-22(31)34-24(2,3)4)20(28)27-14-17(11-19(27)21(29)30)33-23(32)26-12-15-9-6-7-10-16(15)13-26;1-4-5-6-7-8-9-10-16(20)19-21-15-12-13-11-14(17(15)22-19)18(13,2)3;/h8-9,15-16,18-19,29-36H,1-2,10-14,17,20-26H2,3-7H3,(H,44,50)(H,45,48);5-7,9-10,17-19H,1,8,11-14H2,2-4H3,(H,25,31)(H,29,30);4,13-17H,1,5-12,20H2,2-3H3;1H/t29?,30-,31?,32+,33+,34?,35-,36?;17-,18+,19+;13?,14?,15?,16-,17?;/m111./s1. The number of halogens is 1.